The molecule has 2 heterocycles. The number of nitrogens with zero attached hydrogens (tertiary/aromatic N) is 2. The summed E-state index contributed by atoms with van der Waals surface area (Å²) in [6, 6.07) is 0.225. The molecule has 1 aromatic rings. The number of hydrogen-bond donors (Lipinski definition) is 1. The molecule has 0 spiro atoms. The summed E-state index contributed by atoms with van der Waals surface area (Å²) >= 11 is 0. The van der Waals surface area contributed by atoms with E-state index in [0.717, 1.165) is 17.0 Å². The van der Waals surface area contributed by atoms with E-state index in [1.165, 1.54) is 4.90 Å². The second-order valence-corrected chi connectivity index (χ2v) is 5.50. The maximum atomic E-state index is 13.5. The number of hydrogen-bond acceptors (Lipinski definition) is 2. The molecule has 0 bridgehead atoms. The summed E-state index contributed by atoms with van der Waals surface area (Å²) in [6.07, 6.45) is 2.27. The number of fused-ring (bicyclic) bond motifs is 1. The van der Waals surface area contributed by atoms with E-state index in [4.69, 9.17) is 0 Å². The lowest BCUT2D eigenvalue weighted by atomic mass is 9.95. The number of halogens is 3. The molecule has 1 fully saturated rings. The number of carboxylic acid groups (broad SMARTS) is 1. The lowest BCUT2D eigenvalue weighted by molar-refractivity contribution is -0.138. The van der Waals surface area contributed by atoms with E-state index >= 15 is 0 Å². The number of rotatable bonds is 1. The molecule has 2 amide bonds. The van der Waals surface area contributed by atoms with Gasteiger partial charge in [0.05, 0.1) is 12.1 Å². The van der Waals surface area contributed by atoms with Gasteiger partial charge in [-0.2, -0.15) is 0 Å². The highest BCUT2D eigenvalue weighted by Gasteiger charge is 2.40. The van der Waals surface area contributed by atoms with E-state index in [9.17, 15) is 27.9 Å². The number of carbonyl (C=O) groups excluding carboxylic acids is 1. The standard InChI is InChI=1S/C15H13F3N2O3/c16-10-4-8(5-11(17)14(10)18)12-7-19(15(22)23)6-9-2-1-3-13(21)20(9)12/h1-2,4-5,9,12H,3,6-7H2,(H,22,23)/t9-,12-/m0/s1. The van der Waals surface area contributed by atoms with Gasteiger partial charge in [-0.05, 0) is 17.7 Å². The van der Waals surface area contributed by atoms with Gasteiger partial charge in [0.2, 0.25) is 5.91 Å². The van der Waals surface area contributed by atoms with E-state index in [-0.39, 0.29) is 31.0 Å². The number of carbonyl (C=O) groups is 2. The average Bonchev–Trinajstić information content (AvgIpc) is 2.51. The first-order valence-electron chi connectivity index (χ1n) is 6.98. The fourth-order valence-corrected chi connectivity index (χ4v) is 3.05. The smallest absolute Gasteiger partial charge is 0.407 e. The molecule has 122 valence electrons. The van der Waals surface area contributed by atoms with Crippen LogP contribution in [0, 0.1) is 17.5 Å². The minimum atomic E-state index is -1.60. The molecule has 3 rings (SSSR count). The number of benzene rings is 1. The van der Waals surface area contributed by atoms with Crippen LogP contribution in [0.4, 0.5) is 18.0 Å². The predicted molar refractivity (Wildman–Crippen MR) is 73.0 cm³/mol. The lowest BCUT2D eigenvalue weighted by Gasteiger charge is -2.46. The quantitative estimate of drug-likeness (QED) is 0.636. The Morgan fingerprint density at radius 2 is 1.83 bits per heavy atom. The molecule has 1 N–H and O–H groups in total. The summed E-state index contributed by atoms with van der Waals surface area (Å²) in [5.74, 6) is -4.60. The van der Waals surface area contributed by atoms with Gasteiger partial charge in [0, 0.05) is 19.5 Å². The van der Waals surface area contributed by atoms with E-state index in [1.54, 1.807) is 12.2 Å². The van der Waals surface area contributed by atoms with Crippen LogP contribution < -0.4 is 0 Å². The molecule has 23 heavy (non-hydrogen) atoms. The van der Waals surface area contributed by atoms with E-state index < -0.39 is 35.6 Å². The van der Waals surface area contributed by atoms with Gasteiger partial charge in [-0.1, -0.05) is 12.2 Å². The highest BCUT2D eigenvalue weighted by molar-refractivity contribution is 5.80. The van der Waals surface area contributed by atoms with Crippen LogP contribution in [-0.2, 0) is 4.79 Å². The Balaban J connectivity index is 2.04. The van der Waals surface area contributed by atoms with Crippen LogP contribution in [0.3, 0.4) is 0 Å². The zero-order chi connectivity index (χ0) is 16.7. The summed E-state index contributed by atoms with van der Waals surface area (Å²) in [7, 11) is 0. The fourth-order valence-electron chi connectivity index (χ4n) is 3.05. The van der Waals surface area contributed by atoms with Gasteiger partial charge >= 0.3 is 6.09 Å². The van der Waals surface area contributed by atoms with Crippen molar-refractivity contribution >= 4 is 12.0 Å². The van der Waals surface area contributed by atoms with Crippen molar-refractivity contribution in [3.05, 3.63) is 47.3 Å². The van der Waals surface area contributed by atoms with Gasteiger partial charge < -0.3 is 14.9 Å². The molecule has 0 aliphatic carbocycles. The van der Waals surface area contributed by atoms with Gasteiger partial charge in [-0.25, -0.2) is 18.0 Å². The Labute approximate surface area is 129 Å². The second-order valence-electron chi connectivity index (χ2n) is 5.50. The van der Waals surface area contributed by atoms with Crippen LogP contribution in [0.15, 0.2) is 24.3 Å². The van der Waals surface area contributed by atoms with Gasteiger partial charge in [-0.15, -0.1) is 0 Å². The first-order chi connectivity index (χ1) is 10.9. The Hall–Kier alpha value is -2.51. The Bertz CT molecular complexity index is 684. The average molecular weight is 326 g/mol. The molecule has 0 radical (unpaired) electrons. The van der Waals surface area contributed by atoms with Crippen molar-refractivity contribution in [3.63, 3.8) is 0 Å². The van der Waals surface area contributed by atoms with Crippen molar-refractivity contribution in [1.82, 2.24) is 9.80 Å². The molecule has 0 aromatic heterocycles. The number of amides is 2. The first kappa shape index (κ1) is 15.4. The molecule has 0 unspecified atom stereocenters. The molecular weight excluding hydrogens is 313 g/mol. The third kappa shape index (κ3) is 2.64. The monoisotopic (exact) mass is 326 g/mol. The molecule has 1 aromatic carbocycles. The van der Waals surface area contributed by atoms with Gasteiger partial charge in [0.25, 0.3) is 0 Å². The Morgan fingerprint density at radius 1 is 1.17 bits per heavy atom. The van der Waals surface area contributed by atoms with Gasteiger partial charge in [0.15, 0.2) is 17.5 Å². The zero-order valence-corrected chi connectivity index (χ0v) is 11.9. The lowest BCUT2D eigenvalue weighted by Crippen LogP contribution is -2.58. The molecule has 2 aliphatic rings. The summed E-state index contributed by atoms with van der Waals surface area (Å²) in [5.41, 5.74) is 0.0287. The normalized spacial score (nSPS) is 23.9. The van der Waals surface area contributed by atoms with Crippen LogP contribution >= 0.6 is 0 Å². The van der Waals surface area contributed by atoms with Gasteiger partial charge in [-0.3, -0.25) is 4.79 Å². The second kappa shape index (κ2) is 5.60. The van der Waals surface area contributed by atoms with Crippen molar-refractivity contribution in [1.29, 1.82) is 0 Å². The maximum absolute atomic E-state index is 13.5. The van der Waals surface area contributed by atoms with E-state index in [1.807, 2.05) is 0 Å². The summed E-state index contributed by atoms with van der Waals surface area (Å²) < 4.78 is 40.2. The fraction of sp³-hybridized carbons (Fsp3) is 0.333. The van der Waals surface area contributed by atoms with Crippen LogP contribution in [0.5, 0.6) is 0 Å². The minimum absolute atomic E-state index is 0.0287. The molecule has 1 saturated heterocycles. The summed E-state index contributed by atoms with van der Waals surface area (Å²) in [5, 5.41) is 9.20. The van der Waals surface area contributed by atoms with Crippen molar-refractivity contribution in [2.24, 2.45) is 0 Å². The summed E-state index contributed by atoms with van der Waals surface area (Å²) in [6.45, 7) is -0.0455. The molecule has 2 aliphatic heterocycles. The molecule has 0 saturated carbocycles. The third-order valence-corrected chi connectivity index (χ3v) is 4.09. The summed E-state index contributed by atoms with van der Waals surface area (Å²) in [4.78, 5) is 25.9. The maximum Gasteiger partial charge on any atom is 0.407 e. The van der Waals surface area contributed by atoms with Crippen molar-refractivity contribution in [2.45, 2.75) is 18.5 Å². The third-order valence-electron chi connectivity index (χ3n) is 4.09. The zero-order valence-electron chi connectivity index (χ0n) is 11.9. The molecule has 2 atom stereocenters. The Morgan fingerprint density at radius 3 is 2.43 bits per heavy atom. The largest absolute Gasteiger partial charge is 0.465 e. The Kier molecular flexibility index (Phi) is 3.75. The molecular formula is C15H13F3N2O3. The highest BCUT2D eigenvalue weighted by atomic mass is 19.2. The highest BCUT2D eigenvalue weighted by Crippen LogP contribution is 2.33. The SMILES string of the molecule is O=C(O)N1C[C@@H]2C=CCC(=O)N2[C@H](c2cc(F)c(F)c(F)c2)C1. The van der Waals surface area contributed by atoms with E-state index in [0.29, 0.717) is 0 Å². The minimum Gasteiger partial charge on any atom is -0.465 e. The van der Waals surface area contributed by atoms with Crippen molar-refractivity contribution < 1.29 is 27.9 Å². The number of piperazine rings is 1. The first-order valence-corrected chi connectivity index (χ1v) is 6.98. The topological polar surface area (TPSA) is 60.9 Å². The molecule has 5 nitrogen and oxygen atoms in total. The predicted octanol–water partition coefficient (Wildman–Crippen LogP) is 2.30. The van der Waals surface area contributed by atoms with Crippen LogP contribution in [0.1, 0.15) is 18.0 Å². The van der Waals surface area contributed by atoms with Crippen LogP contribution in [-0.4, -0.2) is 46.0 Å². The van der Waals surface area contributed by atoms with Crippen LogP contribution in [0.2, 0.25) is 0 Å². The van der Waals surface area contributed by atoms with Crippen molar-refractivity contribution in [2.75, 3.05) is 13.1 Å². The van der Waals surface area contributed by atoms with Crippen LogP contribution in [0.25, 0.3) is 0 Å². The van der Waals surface area contributed by atoms with Gasteiger partial charge in [0.1, 0.15) is 0 Å². The van der Waals surface area contributed by atoms with E-state index in [2.05, 4.69) is 0 Å². The molecule has 8 heteroatoms. The van der Waals surface area contributed by atoms with Crippen molar-refractivity contribution in [3.8, 4) is 0 Å².